The fraction of sp³-hybridized carbons (Fsp3) is 0.0882. The average Bonchev–Trinajstić information content (AvgIpc) is 3.54. The fourth-order valence-electron chi connectivity index (χ4n) is 4.97. The molecule has 4 aromatic carbocycles. The van der Waals surface area contributed by atoms with Gasteiger partial charge in [0.15, 0.2) is 6.54 Å². The molecule has 1 aliphatic heterocycles. The second-order valence-electron chi connectivity index (χ2n) is 10.7. The maximum atomic E-state index is 12.9. The van der Waals surface area contributed by atoms with Gasteiger partial charge in [-0.25, -0.2) is 14.1 Å². The van der Waals surface area contributed by atoms with Gasteiger partial charge in [-0.15, -0.1) is 0 Å². The maximum absolute atomic E-state index is 12.9. The summed E-state index contributed by atoms with van der Waals surface area (Å²) >= 11 is 12.6. The van der Waals surface area contributed by atoms with Crippen molar-refractivity contribution >= 4 is 62.7 Å². The van der Waals surface area contributed by atoms with Gasteiger partial charge in [0.05, 0.1) is 22.0 Å². The minimum atomic E-state index is -4.41. The summed E-state index contributed by atoms with van der Waals surface area (Å²) in [5.41, 5.74) is 3.02. The Kier molecular flexibility index (Phi) is 8.91. The zero-order chi connectivity index (χ0) is 33.3. The normalized spacial score (nSPS) is 16.7. The molecular weight excluding hydrogens is 672 g/mol. The van der Waals surface area contributed by atoms with Crippen molar-refractivity contribution in [1.29, 1.82) is 0 Å². The quantitative estimate of drug-likeness (QED) is 0.172. The number of nitrogens with zero attached hydrogens (tertiary/aromatic N) is 3. The zero-order valence-corrected chi connectivity index (χ0v) is 26.8. The van der Waals surface area contributed by atoms with E-state index in [0.29, 0.717) is 45.1 Å². The number of anilines is 1. The monoisotopic (exact) mass is 697 g/mol. The van der Waals surface area contributed by atoms with E-state index in [1.807, 2.05) is 59.3 Å². The highest BCUT2D eigenvalue weighted by atomic mass is 35.5. The largest absolute Gasteiger partial charge is 0.457 e. The number of hydrogen-bond acceptors (Lipinski definition) is 4. The van der Waals surface area contributed by atoms with Crippen molar-refractivity contribution in [2.24, 2.45) is 0 Å². The number of quaternary nitrogens is 1. The second kappa shape index (κ2) is 12.9. The van der Waals surface area contributed by atoms with E-state index in [0.717, 1.165) is 23.3 Å². The predicted molar refractivity (Wildman–Crippen MR) is 180 cm³/mol. The van der Waals surface area contributed by atoms with Crippen LogP contribution >= 0.6 is 23.2 Å². The summed E-state index contributed by atoms with van der Waals surface area (Å²) in [7, 11) is -2.79. The van der Waals surface area contributed by atoms with Crippen molar-refractivity contribution in [2.45, 2.75) is 12.7 Å². The van der Waals surface area contributed by atoms with Gasteiger partial charge >= 0.3 is 12.1 Å². The molecule has 1 aliphatic rings. The lowest BCUT2D eigenvalue weighted by atomic mass is 10.1. The van der Waals surface area contributed by atoms with E-state index in [1.165, 1.54) is 21.2 Å². The van der Waals surface area contributed by atoms with Crippen LogP contribution in [0.15, 0.2) is 97.2 Å². The summed E-state index contributed by atoms with van der Waals surface area (Å²) in [4.78, 5) is 16.7. The van der Waals surface area contributed by atoms with Crippen molar-refractivity contribution in [3.05, 3.63) is 130 Å². The maximum Gasteiger partial charge on any atom is 0.416 e. The van der Waals surface area contributed by atoms with E-state index < -0.39 is 21.6 Å². The van der Waals surface area contributed by atoms with E-state index in [-0.39, 0.29) is 18.2 Å². The van der Waals surface area contributed by atoms with Gasteiger partial charge in [0.25, 0.3) is 0 Å². The molecule has 240 valence electrons. The first-order valence-corrected chi connectivity index (χ1v) is 16.6. The predicted octanol–water partition coefficient (Wildman–Crippen LogP) is 7.34. The minimum Gasteiger partial charge on any atom is -0.457 e. The number of carbonyl (C=O) groups is 1. The van der Waals surface area contributed by atoms with Crippen LogP contribution < -0.4 is 13.8 Å². The molecule has 2 N–H and O–H groups in total. The Morgan fingerprint density at radius 2 is 1.60 bits per heavy atom. The van der Waals surface area contributed by atoms with Gasteiger partial charge in [-0.05, 0) is 83.9 Å². The Balaban J connectivity index is 1.23. The number of hydrogen-bond donors (Lipinski definition) is 1. The van der Waals surface area contributed by atoms with E-state index in [4.69, 9.17) is 32.9 Å². The average molecular weight is 699 g/mol. The third-order valence-electron chi connectivity index (χ3n) is 7.30. The van der Waals surface area contributed by atoms with Gasteiger partial charge < -0.3 is 9.30 Å². The van der Waals surface area contributed by atoms with E-state index >= 15 is 0 Å². The number of carbonyl (C=O) groups excluding carboxylic acids is 1. The van der Waals surface area contributed by atoms with Crippen molar-refractivity contribution in [2.75, 3.05) is 10.8 Å². The fourth-order valence-corrected chi connectivity index (χ4v) is 6.92. The van der Waals surface area contributed by atoms with Gasteiger partial charge in [0, 0.05) is 29.2 Å². The standard InChI is InChI=1S/C34H25Cl2F3N4O3S/c1-47(45)41-33(44)21-43(47)26-10-2-23(3-11-26)19-42-20-31(29-16-9-25(35)18-30(29)36)40-32(42)17-6-22-4-12-27(13-5-22)46-28-14-7-24(8-15-28)34(37,38)39/h2-18,20H,1,19,21H2,(H,41,44,45)/p+1/b17-6+. The number of benzene rings is 4. The van der Waals surface area contributed by atoms with Crippen LogP contribution in [0.25, 0.3) is 23.4 Å². The Morgan fingerprint density at radius 3 is 2.19 bits per heavy atom. The molecule has 2 heterocycles. The number of ether oxygens (including phenoxy) is 1. The van der Waals surface area contributed by atoms with Crippen LogP contribution in [0.3, 0.4) is 0 Å². The van der Waals surface area contributed by atoms with Gasteiger partial charge in [-0.3, -0.25) is 0 Å². The first-order chi connectivity index (χ1) is 22.3. The summed E-state index contributed by atoms with van der Waals surface area (Å²) in [6.07, 6.45) is 1.21. The molecule has 1 aromatic heterocycles. The summed E-state index contributed by atoms with van der Waals surface area (Å²) in [6.45, 7) is 0.467. The summed E-state index contributed by atoms with van der Waals surface area (Å²) in [6, 6.07) is 24.2. The molecule has 6 rings (SSSR count). The minimum absolute atomic E-state index is 0.0194. The van der Waals surface area contributed by atoms with Crippen LogP contribution in [0, 0.1) is 0 Å². The number of alkyl halides is 3. The third-order valence-corrected chi connectivity index (χ3v) is 9.57. The summed E-state index contributed by atoms with van der Waals surface area (Å²) < 4.78 is 61.6. The molecule has 1 saturated heterocycles. The molecule has 0 bridgehead atoms. The van der Waals surface area contributed by atoms with Crippen LogP contribution in [-0.4, -0.2) is 32.1 Å². The Bertz CT molecular complexity index is 2080. The molecule has 13 heteroatoms. The number of amides is 1. The molecule has 0 spiro atoms. The lowest BCUT2D eigenvalue weighted by molar-refractivity contribution is -0.399. The van der Waals surface area contributed by atoms with E-state index in [1.54, 1.807) is 30.3 Å². The highest BCUT2D eigenvalue weighted by Gasteiger charge is 2.34. The molecule has 47 heavy (non-hydrogen) atoms. The Hall–Kier alpha value is -4.55. The van der Waals surface area contributed by atoms with Crippen LogP contribution in [0.1, 0.15) is 22.5 Å². The highest BCUT2D eigenvalue weighted by molar-refractivity contribution is 7.96. The van der Waals surface area contributed by atoms with Crippen molar-refractivity contribution < 1.29 is 31.6 Å². The van der Waals surface area contributed by atoms with Gasteiger partial charge in [0.2, 0.25) is 9.89 Å². The number of primary amides is 1. The number of rotatable bonds is 8. The molecule has 1 atom stereocenters. The van der Waals surface area contributed by atoms with Crippen molar-refractivity contribution in [3.63, 3.8) is 0 Å². The lowest BCUT2D eigenvalue weighted by Crippen LogP contribution is -2.88. The molecule has 1 amide bonds. The Labute approximate surface area is 279 Å². The molecule has 1 unspecified atom stereocenters. The molecule has 5 aromatic rings. The zero-order valence-electron chi connectivity index (χ0n) is 24.5. The SMILES string of the molecule is C=S1(=O)[NH2+]C(=O)CN1c1ccc(Cn2cc(-c3ccc(Cl)cc3Cl)nc2/C=C/c2ccc(Oc3ccc(C(F)(F)F)cc3)cc2)cc1. The molecule has 0 saturated carbocycles. The number of halogens is 5. The molecule has 0 aliphatic carbocycles. The first kappa shape index (κ1) is 32.4. The van der Waals surface area contributed by atoms with Crippen molar-refractivity contribution in [3.8, 4) is 22.8 Å². The van der Waals surface area contributed by atoms with Gasteiger partial charge in [-0.2, -0.15) is 22.1 Å². The lowest BCUT2D eigenvalue weighted by Gasteiger charge is -2.16. The summed E-state index contributed by atoms with van der Waals surface area (Å²) in [5.74, 6) is 4.87. The van der Waals surface area contributed by atoms with Gasteiger partial charge in [-0.1, -0.05) is 53.5 Å². The van der Waals surface area contributed by atoms with Crippen molar-refractivity contribution in [1.82, 2.24) is 9.55 Å². The topological polar surface area (TPSA) is 81.0 Å². The van der Waals surface area contributed by atoms with Crippen LogP contribution in [-0.2, 0) is 27.4 Å². The number of aromatic nitrogens is 2. The number of imidazole rings is 1. The molecular formula is C34H26Cl2F3N4O3S+. The summed E-state index contributed by atoms with van der Waals surface area (Å²) in [5, 5.41) is 0.965. The van der Waals surface area contributed by atoms with Crippen LogP contribution in [0.4, 0.5) is 18.9 Å². The molecule has 1 fully saturated rings. The molecule has 7 nitrogen and oxygen atoms in total. The number of nitrogens with two attached hydrogens (primary N) is 1. The van der Waals surface area contributed by atoms with E-state index in [9.17, 15) is 22.2 Å². The first-order valence-electron chi connectivity index (χ1n) is 14.1. The second-order valence-corrected chi connectivity index (χ2v) is 13.6. The van der Waals surface area contributed by atoms with Crippen LogP contribution in [0.2, 0.25) is 10.0 Å². The van der Waals surface area contributed by atoms with E-state index in [2.05, 4.69) is 5.87 Å². The highest BCUT2D eigenvalue weighted by Crippen LogP contribution is 2.33. The smallest absolute Gasteiger partial charge is 0.416 e. The molecule has 0 radical (unpaired) electrons. The Morgan fingerprint density at radius 1 is 0.936 bits per heavy atom. The van der Waals surface area contributed by atoms with Crippen LogP contribution in [0.5, 0.6) is 11.5 Å². The van der Waals surface area contributed by atoms with Gasteiger partial charge in [0.1, 0.15) is 17.3 Å². The third kappa shape index (κ3) is 7.55.